The van der Waals surface area contributed by atoms with E-state index in [0.717, 1.165) is 37.9 Å². The first-order valence-corrected chi connectivity index (χ1v) is 9.89. The van der Waals surface area contributed by atoms with Gasteiger partial charge in [-0.05, 0) is 44.4 Å². The van der Waals surface area contributed by atoms with E-state index in [0.29, 0.717) is 17.3 Å². The number of nitrogens with one attached hydrogen (secondary N) is 1. The number of hydrogen-bond acceptors (Lipinski definition) is 4. The van der Waals surface area contributed by atoms with Gasteiger partial charge in [0.15, 0.2) is 0 Å². The Balaban J connectivity index is 1.39. The van der Waals surface area contributed by atoms with Gasteiger partial charge in [-0.2, -0.15) is 0 Å². The average molecular weight is 377 g/mol. The van der Waals surface area contributed by atoms with Gasteiger partial charge in [0.1, 0.15) is 16.5 Å². The number of halogens is 2. The van der Waals surface area contributed by atoms with E-state index in [1.807, 2.05) is 4.90 Å². The minimum atomic E-state index is -0.519. The molecular weight excluding hydrogens is 356 g/mol. The largest absolute Gasteiger partial charge is 0.347 e. The highest BCUT2D eigenvalue weighted by Gasteiger charge is 2.31. The monoisotopic (exact) mass is 377 g/mol. The third kappa shape index (κ3) is 3.78. The summed E-state index contributed by atoms with van der Waals surface area (Å²) < 4.78 is 27.8. The lowest BCUT2D eigenvalue weighted by molar-refractivity contribution is 0.0902. The van der Waals surface area contributed by atoms with Crippen LogP contribution in [0.15, 0.2) is 23.7 Å². The van der Waals surface area contributed by atoms with Crippen LogP contribution in [0.25, 0.3) is 0 Å². The smallest absolute Gasteiger partial charge is 0.263 e. The molecule has 1 aromatic carbocycles. The Morgan fingerprint density at radius 3 is 2.77 bits per heavy atom. The Bertz CT molecular complexity index is 786. The average Bonchev–Trinajstić information content (AvgIpc) is 3.35. The van der Waals surface area contributed by atoms with Gasteiger partial charge < -0.3 is 5.32 Å². The first kappa shape index (κ1) is 17.5. The van der Waals surface area contributed by atoms with Crippen LogP contribution in [0.3, 0.4) is 0 Å². The maximum atomic E-state index is 13.9. The van der Waals surface area contributed by atoms with Crippen molar-refractivity contribution >= 4 is 17.2 Å². The minimum Gasteiger partial charge on any atom is -0.347 e. The lowest BCUT2D eigenvalue weighted by Crippen LogP contribution is -2.47. The summed E-state index contributed by atoms with van der Waals surface area (Å²) in [4.78, 5) is 19.7. The van der Waals surface area contributed by atoms with E-state index in [1.54, 1.807) is 5.51 Å². The van der Waals surface area contributed by atoms with Gasteiger partial charge in [0.25, 0.3) is 5.91 Å². The SMILES string of the molecule is O=C(NC1CCCN(Cc2c(F)cccc2F)C1)c1scnc1C1CC1. The highest BCUT2D eigenvalue weighted by molar-refractivity contribution is 7.11. The number of rotatable bonds is 5. The molecule has 2 fully saturated rings. The summed E-state index contributed by atoms with van der Waals surface area (Å²) in [6.45, 7) is 1.59. The quantitative estimate of drug-likeness (QED) is 0.864. The number of benzene rings is 1. The molecule has 1 aliphatic heterocycles. The fraction of sp³-hybridized carbons (Fsp3) is 0.474. The molecule has 1 aromatic heterocycles. The fourth-order valence-corrected chi connectivity index (χ4v) is 4.32. The first-order chi connectivity index (χ1) is 12.6. The molecule has 1 saturated carbocycles. The van der Waals surface area contributed by atoms with Gasteiger partial charge in [0, 0.05) is 30.6 Å². The summed E-state index contributed by atoms with van der Waals surface area (Å²) in [5.74, 6) is -0.669. The Morgan fingerprint density at radius 2 is 2.04 bits per heavy atom. The molecule has 2 aromatic rings. The number of amides is 1. The van der Waals surface area contributed by atoms with Gasteiger partial charge in [-0.25, -0.2) is 13.8 Å². The van der Waals surface area contributed by atoms with Crippen molar-refractivity contribution in [3.8, 4) is 0 Å². The Kier molecular flexibility index (Phi) is 5.00. The molecule has 2 aliphatic rings. The van der Waals surface area contributed by atoms with Gasteiger partial charge in [-0.1, -0.05) is 6.07 Å². The molecule has 1 amide bonds. The number of carbonyl (C=O) groups is 1. The molecule has 1 atom stereocenters. The van der Waals surface area contributed by atoms with Crippen LogP contribution in [-0.4, -0.2) is 34.9 Å². The zero-order valence-corrected chi connectivity index (χ0v) is 15.2. The maximum absolute atomic E-state index is 13.9. The van der Waals surface area contributed by atoms with Gasteiger partial charge in [0.05, 0.1) is 11.2 Å². The number of thiazole rings is 1. The molecule has 2 heterocycles. The molecule has 1 unspecified atom stereocenters. The van der Waals surface area contributed by atoms with E-state index in [-0.39, 0.29) is 24.1 Å². The molecule has 1 N–H and O–H groups in total. The predicted octanol–water partition coefficient (Wildman–Crippen LogP) is 3.69. The van der Waals surface area contributed by atoms with Crippen molar-refractivity contribution in [2.75, 3.05) is 13.1 Å². The number of hydrogen-bond donors (Lipinski definition) is 1. The van der Waals surface area contributed by atoms with Crippen LogP contribution in [0.2, 0.25) is 0 Å². The van der Waals surface area contributed by atoms with Crippen LogP contribution in [-0.2, 0) is 6.54 Å². The summed E-state index contributed by atoms with van der Waals surface area (Å²) in [5.41, 5.74) is 2.75. The van der Waals surface area contributed by atoms with E-state index >= 15 is 0 Å². The third-order valence-electron chi connectivity index (χ3n) is 5.05. The second-order valence-electron chi connectivity index (χ2n) is 7.09. The standard InChI is InChI=1S/C19H21F2N3OS/c20-15-4-1-5-16(21)14(15)10-24-8-2-3-13(9-24)23-19(25)18-17(12-6-7-12)22-11-26-18/h1,4-5,11-13H,2-3,6-10H2,(H,23,25). The molecule has 4 nitrogen and oxygen atoms in total. The molecule has 4 rings (SSSR count). The molecule has 0 bridgehead atoms. The molecule has 138 valence electrons. The molecule has 26 heavy (non-hydrogen) atoms. The number of likely N-dealkylation sites (tertiary alicyclic amines) is 1. The van der Waals surface area contributed by atoms with E-state index in [9.17, 15) is 13.6 Å². The van der Waals surface area contributed by atoms with Crippen LogP contribution in [0.5, 0.6) is 0 Å². The maximum Gasteiger partial charge on any atom is 0.263 e. The van der Waals surface area contributed by atoms with Crippen molar-refractivity contribution in [1.82, 2.24) is 15.2 Å². The summed E-state index contributed by atoms with van der Waals surface area (Å²) in [6, 6.07) is 3.93. The first-order valence-electron chi connectivity index (χ1n) is 9.01. The summed E-state index contributed by atoms with van der Waals surface area (Å²) in [7, 11) is 0. The van der Waals surface area contributed by atoms with Gasteiger partial charge >= 0.3 is 0 Å². The third-order valence-corrected chi connectivity index (χ3v) is 5.89. The zero-order chi connectivity index (χ0) is 18.1. The Labute approximate surface area is 155 Å². The van der Waals surface area contributed by atoms with Crippen LogP contribution >= 0.6 is 11.3 Å². The number of piperidine rings is 1. The van der Waals surface area contributed by atoms with E-state index in [2.05, 4.69) is 10.3 Å². The highest BCUT2D eigenvalue weighted by Crippen LogP contribution is 2.41. The van der Waals surface area contributed by atoms with E-state index < -0.39 is 11.6 Å². The van der Waals surface area contributed by atoms with Crippen LogP contribution in [0.1, 0.15) is 52.5 Å². The van der Waals surface area contributed by atoms with Gasteiger partial charge in [0.2, 0.25) is 0 Å². The van der Waals surface area contributed by atoms with Crippen molar-refractivity contribution < 1.29 is 13.6 Å². The number of nitrogens with zero attached hydrogens (tertiary/aromatic N) is 2. The Morgan fingerprint density at radius 1 is 1.27 bits per heavy atom. The highest BCUT2D eigenvalue weighted by atomic mass is 32.1. The zero-order valence-electron chi connectivity index (χ0n) is 14.4. The normalized spacial score (nSPS) is 20.9. The van der Waals surface area contributed by atoms with E-state index in [4.69, 9.17) is 0 Å². The van der Waals surface area contributed by atoms with Crippen molar-refractivity contribution in [2.24, 2.45) is 0 Å². The van der Waals surface area contributed by atoms with Crippen molar-refractivity contribution in [3.05, 3.63) is 51.5 Å². The second kappa shape index (κ2) is 7.40. The number of carbonyl (C=O) groups excluding carboxylic acids is 1. The summed E-state index contributed by atoms with van der Waals surface area (Å²) >= 11 is 1.39. The Hall–Kier alpha value is -1.86. The van der Waals surface area contributed by atoms with E-state index in [1.165, 1.54) is 29.5 Å². The fourth-order valence-electron chi connectivity index (χ4n) is 3.55. The van der Waals surface area contributed by atoms with Crippen LogP contribution < -0.4 is 5.32 Å². The predicted molar refractivity (Wildman–Crippen MR) is 96.2 cm³/mol. The van der Waals surface area contributed by atoms with Gasteiger partial charge in [-0.3, -0.25) is 9.69 Å². The van der Waals surface area contributed by atoms with Crippen molar-refractivity contribution in [1.29, 1.82) is 0 Å². The van der Waals surface area contributed by atoms with Crippen molar-refractivity contribution in [2.45, 2.75) is 44.2 Å². The molecular formula is C19H21F2N3OS. The number of aromatic nitrogens is 1. The molecule has 1 aliphatic carbocycles. The lowest BCUT2D eigenvalue weighted by atomic mass is 10.0. The topological polar surface area (TPSA) is 45.2 Å². The molecule has 1 saturated heterocycles. The summed E-state index contributed by atoms with van der Waals surface area (Å²) in [5, 5.41) is 3.09. The second-order valence-corrected chi connectivity index (χ2v) is 7.94. The molecule has 0 radical (unpaired) electrons. The van der Waals surface area contributed by atoms with Crippen LogP contribution in [0.4, 0.5) is 8.78 Å². The van der Waals surface area contributed by atoms with Gasteiger partial charge in [-0.15, -0.1) is 11.3 Å². The summed E-state index contributed by atoms with van der Waals surface area (Å²) in [6.07, 6.45) is 3.98. The van der Waals surface area contributed by atoms with Crippen LogP contribution in [0, 0.1) is 11.6 Å². The lowest BCUT2D eigenvalue weighted by Gasteiger charge is -2.33. The van der Waals surface area contributed by atoms with Crippen molar-refractivity contribution in [3.63, 3.8) is 0 Å². The molecule has 7 heteroatoms. The molecule has 0 spiro atoms. The minimum absolute atomic E-state index is 0.0137.